The molecule has 0 fully saturated rings. The third-order valence-electron chi connectivity index (χ3n) is 5.01. The number of nitrogens with two attached hydrogens (primary N) is 1. The van der Waals surface area contributed by atoms with Crippen molar-refractivity contribution in [1.82, 2.24) is 0 Å². The third-order valence-corrected chi connectivity index (χ3v) is 5.01. The van der Waals surface area contributed by atoms with Crippen molar-refractivity contribution < 1.29 is 23.8 Å². The lowest BCUT2D eigenvalue weighted by Crippen LogP contribution is -2.40. The first-order valence-electron chi connectivity index (χ1n) is 9.80. The highest BCUT2D eigenvalue weighted by Gasteiger charge is 2.43. The highest BCUT2D eigenvalue weighted by atomic mass is 16.5. The summed E-state index contributed by atoms with van der Waals surface area (Å²) >= 11 is 0. The smallest absolute Gasteiger partial charge is 0.355 e. The number of terminal acetylenes is 1. The fourth-order valence-corrected chi connectivity index (χ4v) is 3.62. The van der Waals surface area contributed by atoms with Gasteiger partial charge in [0.15, 0.2) is 0 Å². The Morgan fingerprint density at radius 2 is 1.79 bits per heavy atom. The van der Waals surface area contributed by atoms with Gasteiger partial charge in [0, 0.05) is 6.07 Å². The number of nitriles is 1. The minimum Gasteiger partial charge on any atom is -0.481 e. The third kappa shape index (κ3) is 4.36. The van der Waals surface area contributed by atoms with E-state index in [1.165, 1.54) is 19.1 Å². The average molecular weight is 443 g/mol. The van der Waals surface area contributed by atoms with E-state index >= 15 is 0 Å². The first-order chi connectivity index (χ1) is 16.0. The molecule has 0 aromatic heterocycles. The molecule has 1 heterocycles. The molecule has 1 unspecified atom stereocenters. The molecule has 0 radical (unpaired) electrons. The lowest BCUT2D eigenvalue weighted by molar-refractivity contribution is -0.139. The number of allylic oxidation sites excluding steroid dienone is 1. The van der Waals surface area contributed by atoms with Gasteiger partial charge < -0.3 is 19.9 Å². The lowest BCUT2D eigenvalue weighted by atomic mass is 9.81. The topological polar surface area (TPSA) is 115 Å². The van der Waals surface area contributed by atoms with Gasteiger partial charge in [-0.05, 0) is 17.7 Å². The van der Waals surface area contributed by atoms with Gasteiger partial charge in [-0.25, -0.2) is 9.59 Å². The van der Waals surface area contributed by atoms with Crippen LogP contribution in [0, 0.1) is 23.7 Å². The number of carbonyl (C=O) groups excluding carboxylic acids is 2. The molecule has 2 N–H and O–H groups in total. The number of hydrogen-bond donors (Lipinski definition) is 1. The largest absolute Gasteiger partial charge is 0.481 e. The van der Waals surface area contributed by atoms with Crippen LogP contribution in [0.25, 0.3) is 0 Å². The Labute approximate surface area is 191 Å². The number of anilines is 1. The van der Waals surface area contributed by atoms with Crippen molar-refractivity contribution in [2.24, 2.45) is 5.73 Å². The molecule has 0 amide bonds. The molecule has 2 aromatic rings. The minimum atomic E-state index is -0.935. The second-order valence-electron chi connectivity index (χ2n) is 6.83. The van der Waals surface area contributed by atoms with E-state index in [1.807, 2.05) is 0 Å². The van der Waals surface area contributed by atoms with Crippen LogP contribution in [0.4, 0.5) is 5.69 Å². The maximum Gasteiger partial charge on any atom is 0.355 e. The van der Waals surface area contributed by atoms with E-state index in [0.717, 1.165) is 0 Å². The molecular formula is C25H21N3O5. The van der Waals surface area contributed by atoms with Gasteiger partial charge >= 0.3 is 11.9 Å². The summed E-state index contributed by atoms with van der Waals surface area (Å²) in [6, 6.07) is 17.4. The Morgan fingerprint density at radius 3 is 2.39 bits per heavy atom. The molecule has 0 saturated carbocycles. The van der Waals surface area contributed by atoms with E-state index in [0.29, 0.717) is 17.0 Å². The molecular weight excluding hydrogens is 422 g/mol. The minimum absolute atomic E-state index is 0.0292. The Morgan fingerprint density at radius 1 is 1.09 bits per heavy atom. The van der Waals surface area contributed by atoms with Crippen LogP contribution in [0.2, 0.25) is 0 Å². The Hall–Kier alpha value is -4.69. The molecule has 1 atom stereocenters. The predicted octanol–water partition coefficient (Wildman–Crippen LogP) is 2.60. The normalized spacial score (nSPS) is 15.4. The summed E-state index contributed by atoms with van der Waals surface area (Å²) in [4.78, 5) is 27.3. The second-order valence-corrected chi connectivity index (χ2v) is 6.83. The van der Waals surface area contributed by atoms with Crippen molar-refractivity contribution in [3.05, 3.63) is 82.8 Å². The van der Waals surface area contributed by atoms with Gasteiger partial charge in [-0.3, -0.25) is 4.90 Å². The van der Waals surface area contributed by atoms with E-state index in [1.54, 1.807) is 54.6 Å². The number of nitrogens with zero attached hydrogens (tertiary/aromatic N) is 2. The Kier molecular flexibility index (Phi) is 7.02. The number of rotatable bonds is 6. The Balaban J connectivity index is 2.34. The summed E-state index contributed by atoms with van der Waals surface area (Å²) in [6.45, 7) is 0.0292. The molecule has 1 aliphatic rings. The summed E-state index contributed by atoms with van der Waals surface area (Å²) in [7, 11) is 2.38. The monoisotopic (exact) mass is 443 g/mol. The first-order valence-corrected chi connectivity index (χ1v) is 9.80. The average Bonchev–Trinajstić information content (AvgIpc) is 2.86. The number of benzene rings is 2. The number of esters is 2. The zero-order valence-corrected chi connectivity index (χ0v) is 18.1. The molecule has 8 heteroatoms. The number of hydrogen-bond acceptors (Lipinski definition) is 8. The van der Waals surface area contributed by atoms with Gasteiger partial charge in [0.1, 0.15) is 23.9 Å². The number of carbonyl (C=O) groups is 2. The van der Waals surface area contributed by atoms with Crippen LogP contribution in [-0.4, -0.2) is 32.8 Å². The van der Waals surface area contributed by atoms with Crippen molar-refractivity contribution in [1.29, 1.82) is 5.26 Å². The molecule has 1 aliphatic heterocycles. The molecule has 33 heavy (non-hydrogen) atoms. The van der Waals surface area contributed by atoms with Crippen molar-refractivity contribution in [3.8, 4) is 24.2 Å². The summed E-state index contributed by atoms with van der Waals surface area (Å²) in [5.74, 6) is 0.187. The van der Waals surface area contributed by atoms with Crippen LogP contribution in [0.15, 0.2) is 77.3 Å². The zero-order valence-electron chi connectivity index (χ0n) is 18.1. The summed E-state index contributed by atoms with van der Waals surface area (Å²) in [5, 5.41) is 10.0. The summed E-state index contributed by atoms with van der Waals surface area (Å²) in [6.07, 6.45) is 5.26. The molecule has 0 spiro atoms. The van der Waals surface area contributed by atoms with Crippen LogP contribution in [-0.2, 0) is 19.1 Å². The van der Waals surface area contributed by atoms with Gasteiger partial charge in [-0.1, -0.05) is 42.3 Å². The maximum absolute atomic E-state index is 13.0. The van der Waals surface area contributed by atoms with E-state index in [9.17, 15) is 14.9 Å². The predicted molar refractivity (Wildman–Crippen MR) is 120 cm³/mol. The van der Waals surface area contributed by atoms with Crippen molar-refractivity contribution in [2.45, 2.75) is 5.92 Å². The molecule has 0 bridgehead atoms. The van der Waals surface area contributed by atoms with Gasteiger partial charge in [-0.15, -0.1) is 6.42 Å². The van der Waals surface area contributed by atoms with E-state index in [-0.39, 0.29) is 29.3 Å². The molecule has 0 saturated heterocycles. The lowest BCUT2D eigenvalue weighted by Gasteiger charge is -2.36. The van der Waals surface area contributed by atoms with E-state index in [4.69, 9.17) is 26.4 Å². The van der Waals surface area contributed by atoms with Crippen LogP contribution < -0.4 is 15.4 Å². The maximum atomic E-state index is 13.0. The van der Waals surface area contributed by atoms with Crippen LogP contribution in [0.3, 0.4) is 0 Å². The second kappa shape index (κ2) is 10.1. The highest BCUT2D eigenvalue weighted by Crippen LogP contribution is 2.43. The molecule has 8 nitrogen and oxygen atoms in total. The van der Waals surface area contributed by atoms with Gasteiger partial charge in [0.25, 0.3) is 0 Å². The molecule has 2 aromatic carbocycles. The van der Waals surface area contributed by atoms with Gasteiger partial charge in [0.05, 0.1) is 43.0 Å². The zero-order chi connectivity index (χ0) is 24.0. The molecule has 3 rings (SSSR count). The van der Waals surface area contributed by atoms with Crippen molar-refractivity contribution in [2.75, 3.05) is 25.7 Å². The van der Waals surface area contributed by atoms with E-state index in [2.05, 4.69) is 12.0 Å². The van der Waals surface area contributed by atoms with Gasteiger partial charge in [0.2, 0.25) is 0 Å². The van der Waals surface area contributed by atoms with Crippen LogP contribution in [0.1, 0.15) is 11.5 Å². The van der Waals surface area contributed by atoms with Crippen molar-refractivity contribution >= 4 is 17.6 Å². The Bertz CT molecular complexity index is 1220. The summed E-state index contributed by atoms with van der Waals surface area (Å²) < 4.78 is 15.5. The fourth-order valence-electron chi connectivity index (χ4n) is 3.62. The number of ether oxygens (including phenoxy) is 3. The summed E-state index contributed by atoms with van der Waals surface area (Å²) in [5.41, 5.74) is 7.24. The van der Waals surface area contributed by atoms with Gasteiger partial charge in [-0.2, -0.15) is 5.26 Å². The fraction of sp³-hybridized carbons (Fsp3) is 0.160. The highest BCUT2D eigenvalue weighted by molar-refractivity contribution is 6.06. The first kappa shape index (κ1) is 23.0. The van der Waals surface area contributed by atoms with Crippen LogP contribution >= 0.6 is 0 Å². The standard InChI is InChI=1S/C25H21N3O5/c1-4-13-33-18-12-8-11-17(14-18)28-22(25(30)32-3)21(24(29)31-2)20(19(15-26)23(28)27)16-9-6-5-7-10-16/h1,5-12,14,20H,13,27H2,2-3H3. The molecule has 166 valence electrons. The van der Waals surface area contributed by atoms with E-state index < -0.39 is 17.9 Å². The number of methoxy groups -OCH3 is 2. The van der Waals surface area contributed by atoms with Crippen molar-refractivity contribution in [3.63, 3.8) is 0 Å². The quantitative estimate of drug-likeness (QED) is 0.535. The van der Waals surface area contributed by atoms with Crippen LogP contribution in [0.5, 0.6) is 5.75 Å². The molecule has 0 aliphatic carbocycles. The SMILES string of the molecule is C#CCOc1cccc(N2C(N)=C(C#N)C(c3ccccc3)C(C(=O)OC)=C2C(=O)OC)c1.